The first-order valence-corrected chi connectivity index (χ1v) is 12.6. The lowest BCUT2D eigenvalue weighted by molar-refractivity contribution is 0.0922. The summed E-state index contributed by atoms with van der Waals surface area (Å²) >= 11 is 0. The van der Waals surface area contributed by atoms with E-state index in [1.54, 1.807) is 18.2 Å². The Bertz CT molecular complexity index is 1110. The highest BCUT2D eigenvalue weighted by Gasteiger charge is 2.26. The number of benzene rings is 1. The number of nitrogens with zero attached hydrogens (tertiary/aromatic N) is 3. The van der Waals surface area contributed by atoms with E-state index in [0.29, 0.717) is 30.1 Å². The lowest BCUT2D eigenvalue weighted by atomic mass is 10.1. The molecule has 3 aromatic rings. The normalized spacial score (nSPS) is 17.9. The molecule has 180 valence electrons. The van der Waals surface area contributed by atoms with Gasteiger partial charge < -0.3 is 19.2 Å². The van der Waals surface area contributed by atoms with Gasteiger partial charge in [-0.3, -0.25) is 4.79 Å². The number of halogens is 1. The molecule has 0 bridgehead atoms. The number of aromatic nitrogens is 2. The SMILES string of the molecule is C[C@H](CCNC(=O)c1ccc(-c2c(-c3ccc(F)cc3)ncn2C2CCCC2)o1)N1CCCC1. The van der Waals surface area contributed by atoms with Crippen molar-refractivity contribution in [1.82, 2.24) is 19.8 Å². The van der Waals surface area contributed by atoms with Gasteiger partial charge in [0.05, 0.1) is 12.0 Å². The zero-order chi connectivity index (χ0) is 23.5. The van der Waals surface area contributed by atoms with Crippen molar-refractivity contribution in [2.75, 3.05) is 19.6 Å². The molecule has 1 atom stereocenters. The van der Waals surface area contributed by atoms with Crippen LogP contribution in [0.1, 0.15) is 68.5 Å². The highest BCUT2D eigenvalue weighted by Crippen LogP contribution is 2.39. The third-order valence-electron chi connectivity index (χ3n) is 7.30. The molecule has 0 unspecified atom stereocenters. The van der Waals surface area contributed by atoms with Crippen molar-refractivity contribution >= 4 is 5.91 Å². The summed E-state index contributed by atoms with van der Waals surface area (Å²) in [4.78, 5) is 19.9. The van der Waals surface area contributed by atoms with Gasteiger partial charge in [0, 0.05) is 24.2 Å². The van der Waals surface area contributed by atoms with Gasteiger partial charge in [-0.05, 0) is 88.5 Å². The van der Waals surface area contributed by atoms with E-state index >= 15 is 0 Å². The molecular weight excluding hydrogens is 431 g/mol. The summed E-state index contributed by atoms with van der Waals surface area (Å²) in [7, 11) is 0. The van der Waals surface area contributed by atoms with Crippen molar-refractivity contribution in [2.24, 2.45) is 0 Å². The van der Waals surface area contributed by atoms with Crippen molar-refractivity contribution in [3.05, 3.63) is 54.3 Å². The number of rotatable bonds is 8. The monoisotopic (exact) mass is 464 g/mol. The van der Waals surface area contributed by atoms with E-state index in [0.717, 1.165) is 49.3 Å². The Balaban J connectivity index is 1.34. The second-order valence-electron chi connectivity index (χ2n) is 9.59. The average molecular weight is 465 g/mol. The predicted octanol–water partition coefficient (Wildman–Crippen LogP) is 5.67. The lowest BCUT2D eigenvalue weighted by Gasteiger charge is -2.23. The molecule has 1 saturated heterocycles. The summed E-state index contributed by atoms with van der Waals surface area (Å²) in [6, 6.07) is 10.7. The molecule has 2 aromatic heterocycles. The average Bonchev–Trinajstić information content (AvgIpc) is 3.64. The highest BCUT2D eigenvalue weighted by atomic mass is 19.1. The number of carbonyl (C=O) groups is 1. The number of furan rings is 1. The van der Waals surface area contributed by atoms with Gasteiger partial charge in [-0.2, -0.15) is 0 Å². The van der Waals surface area contributed by atoms with Crippen LogP contribution in [-0.2, 0) is 0 Å². The molecule has 0 radical (unpaired) electrons. The summed E-state index contributed by atoms with van der Waals surface area (Å²) < 4.78 is 21.8. The van der Waals surface area contributed by atoms with Crippen LogP contribution in [0.2, 0.25) is 0 Å². The Morgan fingerprint density at radius 3 is 2.59 bits per heavy atom. The fraction of sp³-hybridized carbons (Fsp3) is 0.481. The van der Waals surface area contributed by atoms with Crippen LogP contribution in [0.4, 0.5) is 4.39 Å². The highest BCUT2D eigenvalue weighted by molar-refractivity contribution is 5.92. The third kappa shape index (κ3) is 4.80. The number of hydrogen-bond acceptors (Lipinski definition) is 4. The summed E-state index contributed by atoms with van der Waals surface area (Å²) in [6.45, 7) is 5.15. The van der Waals surface area contributed by atoms with Crippen LogP contribution in [0.5, 0.6) is 0 Å². The van der Waals surface area contributed by atoms with E-state index in [1.165, 1.54) is 37.8 Å². The molecule has 5 rings (SSSR count). The fourth-order valence-corrected chi connectivity index (χ4v) is 5.32. The van der Waals surface area contributed by atoms with Gasteiger partial charge in [-0.25, -0.2) is 9.37 Å². The van der Waals surface area contributed by atoms with Crippen LogP contribution in [0, 0.1) is 5.82 Å². The molecule has 1 aromatic carbocycles. The summed E-state index contributed by atoms with van der Waals surface area (Å²) in [6.07, 6.45) is 9.87. The summed E-state index contributed by atoms with van der Waals surface area (Å²) in [5.74, 6) is 0.430. The van der Waals surface area contributed by atoms with E-state index in [-0.39, 0.29) is 11.7 Å². The van der Waals surface area contributed by atoms with Crippen molar-refractivity contribution < 1.29 is 13.6 Å². The third-order valence-corrected chi connectivity index (χ3v) is 7.30. The molecule has 1 N–H and O–H groups in total. The molecule has 1 aliphatic carbocycles. The maximum absolute atomic E-state index is 13.5. The van der Waals surface area contributed by atoms with Gasteiger partial charge in [-0.15, -0.1) is 0 Å². The molecule has 6 nitrogen and oxygen atoms in total. The first-order chi connectivity index (χ1) is 16.6. The molecule has 7 heteroatoms. The van der Waals surface area contributed by atoms with E-state index in [4.69, 9.17) is 4.42 Å². The van der Waals surface area contributed by atoms with Gasteiger partial charge >= 0.3 is 0 Å². The maximum Gasteiger partial charge on any atom is 0.287 e. The molecule has 2 aliphatic rings. The molecule has 1 saturated carbocycles. The van der Waals surface area contributed by atoms with Crippen molar-refractivity contribution in [3.8, 4) is 22.7 Å². The number of hydrogen-bond donors (Lipinski definition) is 1. The largest absolute Gasteiger partial charge is 0.449 e. The number of amides is 1. The quantitative estimate of drug-likeness (QED) is 0.467. The number of nitrogens with one attached hydrogen (secondary N) is 1. The number of carbonyl (C=O) groups excluding carboxylic acids is 1. The maximum atomic E-state index is 13.5. The smallest absolute Gasteiger partial charge is 0.287 e. The molecule has 1 amide bonds. The zero-order valence-electron chi connectivity index (χ0n) is 19.8. The minimum Gasteiger partial charge on any atom is -0.449 e. The number of likely N-dealkylation sites (tertiary alicyclic amines) is 1. The first-order valence-electron chi connectivity index (χ1n) is 12.6. The minimum atomic E-state index is -0.281. The zero-order valence-corrected chi connectivity index (χ0v) is 19.8. The molecule has 34 heavy (non-hydrogen) atoms. The first kappa shape index (κ1) is 22.8. The minimum absolute atomic E-state index is 0.199. The van der Waals surface area contributed by atoms with Crippen LogP contribution in [0.25, 0.3) is 22.7 Å². The Morgan fingerprint density at radius 2 is 1.85 bits per heavy atom. The van der Waals surface area contributed by atoms with Gasteiger partial charge in [0.25, 0.3) is 5.91 Å². The standard InChI is InChI=1S/C27H33FN4O2/c1-19(31-16-4-5-17-31)14-15-29-27(33)24-13-12-23(34-24)26-25(20-8-10-21(28)11-9-20)30-18-32(26)22-6-2-3-7-22/h8-13,18-19,22H,2-7,14-17H2,1H3,(H,29,33)/t19-/m1/s1. The Kier molecular flexibility index (Phi) is 6.81. The van der Waals surface area contributed by atoms with Crippen molar-refractivity contribution in [3.63, 3.8) is 0 Å². The van der Waals surface area contributed by atoms with E-state index in [2.05, 4.69) is 26.7 Å². The van der Waals surface area contributed by atoms with E-state index in [1.807, 2.05) is 12.4 Å². The molecule has 2 fully saturated rings. The van der Waals surface area contributed by atoms with Crippen molar-refractivity contribution in [2.45, 2.75) is 64.0 Å². The predicted molar refractivity (Wildman–Crippen MR) is 130 cm³/mol. The number of imidazole rings is 1. The van der Waals surface area contributed by atoms with Gasteiger partial charge in [0.15, 0.2) is 11.5 Å². The van der Waals surface area contributed by atoms with Gasteiger partial charge in [-0.1, -0.05) is 12.8 Å². The van der Waals surface area contributed by atoms with Gasteiger partial charge in [0.1, 0.15) is 11.5 Å². The second kappa shape index (κ2) is 10.1. The second-order valence-corrected chi connectivity index (χ2v) is 9.59. The van der Waals surface area contributed by atoms with Crippen LogP contribution >= 0.6 is 0 Å². The topological polar surface area (TPSA) is 63.3 Å². The Hall–Kier alpha value is -2.93. The molecular formula is C27H33FN4O2. The van der Waals surface area contributed by atoms with Crippen LogP contribution in [0.3, 0.4) is 0 Å². The lowest BCUT2D eigenvalue weighted by Crippen LogP contribution is -2.34. The fourth-order valence-electron chi connectivity index (χ4n) is 5.32. The van der Waals surface area contributed by atoms with Gasteiger partial charge in [0.2, 0.25) is 0 Å². The van der Waals surface area contributed by atoms with Crippen LogP contribution in [-0.4, -0.2) is 46.0 Å². The molecule has 0 spiro atoms. The van der Waals surface area contributed by atoms with E-state index < -0.39 is 0 Å². The van der Waals surface area contributed by atoms with Crippen molar-refractivity contribution in [1.29, 1.82) is 0 Å². The van der Waals surface area contributed by atoms with Crippen LogP contribution in [0.15, 0.2) is 47.1 Å². The Labute approximate surface area is 200 Å². The summed E-state index contributed by atoms with van der Waals surface area (Å²) in [5, 5.41) is 3.01. The summed E-state index contributed by atoms with van der Waals surface area (Å²) in [5.41, 5.74) is 2.42. The Morgan fingerprint density at radius 1 is 1.12 bits per heavy atom. The molecule has 3 heterocycles. The van der Waals surface area contributed by atoms with E-state index in [9.17, 15) is 9.18 Å². The van der Waals surface area contributed by atoms with Crippen LogP contribution < -0.4 is 5.32 Å². The molecule has 1 aliphatic heterocycles.